The third-order valence-corrected chi connectivity index (χ3v) is 4.99. The molecule has 1 N–H and O–H groups in total. The molecule has 0 bridgehead atoms. The molecule has 2 atom stereocenters. The zero-order chi connectivity index (χ0) is 22.4. The summed E-state index contributed by atoms with van der Waals surface area (Å²) in [5, 5.41) is 19.6. The molecule has 0 aliphatic rings. The summed E-state index contributed by atoms with van der Waals surface area (Å²) in [4.78, 5) is 13.0. The minimum atomic E-state index is -1.08. The zero-order valence-electron chi connectivity index (χ0n) is 17.2. The van der Waals surface area contributed by atoms with Gasteiger partial charge in [-0.25, -0.2) is 0 Å². The normalized spacial score (nSPS) is 12.6. The number of carbonyl (C=O) groups excluding carboxylic acids is 1. The van der Waals surface area contributed by atoms with Crippen LogP contribution in [0.15, 0.2) is 72.8 Å². The van der Waals surface area contributed by atoms with Gasteiger partial charge in [-0.1, -0.05) is 49.7 Å². The van der Waals surface area contributed by atoms with Gasteiger partial charge >= 0.3 is 5.97 Å². The largest absolute Gasteiger partial charge is 0.508 e. The fraction of sp³-hybridized carbons (Fsp3) is 0.200. The van der Waals surface area contributed by atoms with Crippen molar-refractivity contribution in [3.05, 3.63) is 88.9 Å². The van der Waals surface area contributed by atoms with Gasteiger partial charge in [0.2, 0.25) is 6.10 Å². The molecule has 6 heteroatoms. The number of halogens is 1. The molecule has 2 unspecified atom stereocenters. The van der Waals surface area contributed by atoms with Crippen molar-refractivity contribution in [2.75, 3.05) is 0 Å². The molecule has 3 aromatic rings. The average molecular weight is 436 g/mol. The summed E-state index contributed by atoms with van der Waals surface area (Å²) in [7, 11) is 0. The summed E-state index contributed by atoms with van der Waals surface area (Å²) in [6, 6.07) is 22.2. The lowest BCUT2D eigenvalue weighted by atomic mass is 9.88. The molecule has 0 aliphatic carbocycles. The Morgan fingerprint density at radius 2 is 1.65 bits per heavy atom. The lowest BCUT2D eigenvalue weighted by Crippen LogP contribution is -2.22. The van der Waals surface area contributed by atoms with Gasteiger partial charge in [0.25, 0.3) is 0 Å². The lowest BCUT2D eigenvalue weighted by Gasteiger charge is -2.22. The Morgan fingerprint density at radius 3 is 2.26 bits per heavy atom. The topological polar surface area (TPSA) is 79.6 Å². The minimum Gasteiger partial charge on any atom is -0.508 e. The Bertz CT molecular complexity index is 1070. The fourth-order valence-corrected chi connectivity index (χ4v) is 3.34. The summed E-state index contributed by atoms with van der Waals surface area (Å²) >= 11 is 5.96. The van der Waals surface area contributed by atoms with E-state index < -0.39 is 18.0 Å². The summed E-state index contributed by atoms with van der Waals surface area (Å²) in [6.45, 7) is 3.85. The molecule has 158 valence electrons. The van der Waals surface area contributed by atoms with Crippen LogP contribution < -0.4 is 4.74 Å². The molecule has 0 aliphatic heterocycles. The van der Waals surface area contributed by atoms with E-state index in [9.17, 15) is 15.2 Å². The van der Waals surface area contributed by atoms with E-state index in [1.54, 1.807) is 60.7 Å². The summed E-state index contributed by atoms with van der Waals surface area (Å²) < 4.78 is 11.4. The summed E-state index contributed by atoms with van der Waals surface area (Å²) in [5.41, 5.74) is 1.29. The highest BCUT2D eigenvalue weighted by atomic mass is 35.5. The first-order valence-corrected chi connectivity index (χ1v) is 10.2. The molecule has 0 aromatic heterocycles. The van der Waals surface area contributed by atoms with Crippen molar-refractivity contribution in [3.63, 3.8) is 0 Å². The molecule has 0 fully saturated rings. The highest BCUT2D eigenvalue weighted by Gasteiger charge is 2.29. The molecule has 3 rings (SSSR count). The lowest BCUT2D eigenvalue weighted by molar-refractivity contribution is -0.150. The van der Waals surface area contributed by atoms with Gasteiger partial charge in [0.15, 0.2) is 0 Å². The molecule has 0 spiro atoms. The third kappa shape index (κ3) is 5.78. The van der Waals surface area contributed by atoms with Gasteiger partial charge in [0.05, 0.1) is 5.92 Å². The summed E-state index contributed by atoms with van der Waals surface area (Å²) in [6.07, 6.45) is -1.08. The van der Waals surface area contributed by atoms with Gasteiger partial charge in [0, 0.05) is 10.6 Å². The number of hydrogen-bond donors (Lipinski definition) is 1. The second-order valence-corrected chi connectivity index (χ2v) is 7.82. The van der Waals surface area contributed by atoms with Crippen LogP contribution in [0.25, 0.3) is 0 Å². The first kappa shape index (κ1) is 22.2. The van der Waals surface area contributed by atoms with Crippen LogP contribution in [0.5, 0.6) is 17.2 Å². The maximum atomic E-state index is 13.0. The molecule has 0 saturated carbocycles. The Balaban J connectivity index is 1.78. The van der Waals surface area contributed by atoms with Crippen molar-refractivity contribution in [3.8, 4) is 23.3 Å². The van der Waals surface area contributed by atoms with E-state index >= 15 is 0 Å². The van der Waals surface area contributed by atoms with E-state index in [1.807, 2.05) is 19.9 Å². The van der Waals surface area contributed by atoms with E-state index in [-0.39, 0.29) is 11.7 Å². The Morgan fingerprint density at radius 1 is 0.968 bits per heavy atom. The van der Waals surface area contributed by atoms with E-state index in [1.165, 1.54) is 12.1 Å². The van der Waals surface area contributed by atoms with E-state index in [0.717, 1.165) is 5.56 Å². The van der Waals surface area contributed by atoms with Crippen LogP contribution in [-0.4, -0.2) is 11.1 Å². The van der Waals surface area contributed by atoms with Gasteiger partial charge < -0.3 is 14.6 Å². The molecule has 0 radical (unpaired) electrons. The van der Waals surface area contributed by atoms with Gasteiger partial charge in [-0.3, -0.25) is 4.79 Å². The predicted octanol–water partition coefficient (Wildman–Crippen LogP) is 6.39. The number of esters is 1. The van der Waals surface area contributed by atoms with Crippen LogP contribution in [-0.2, 0) is 9.53 Å². The van der Waals surface area contributed by atoms with E-state index in [4.69, 9.17) is 21.1 Å². The second-order valence-electron chi connectivity index (χ2n) is 7.39. The Hall–Kier alpha value is -3.49. The smallest absolute Gasteiger partial charge is 0.315 e. The monoisotopic (exact) mass is 435 g/mol. The number of nitriles is 1. The molecule has 31 heavy (non-hydrogen) atoms. The number of nitrogens with zero attached hydrogens (tertiary/aromatic N) is 1. The van der Waals surface area contributed by atoms with E-state index in [0.29, 0.717) is 22.1 Å². The van der Waals surface area contributed by atoms with Gasteiger partial charge in [-0.15, -0.1) is 0 Å². The maximum absolute atomic E-state index is 13.0. The predicted molar refractivity (Wildman–Crippen MR) is 118 cm³/mol. The van der Waals surface area contributed by atoms with Gasteiger partial charge in [0.1, 0.15) is 23.3 Å². The van der Waals surface area contributed by atoms with Gasteiger partial charge in [-0.05, 0) is 60.0 Å². The first-order chi connectivity index (χ1) is 14.9. The fourth-order valence-electron chi connectivity index (χ4n) is 3.21. The van der Waals surface area contributed by atoms with Crippen molar-refractivity contribution in [2.45, 2.75) is 25.9 Å². The number of benzene rings is 3. The zero-order valence-corrected chi connectivity index (χ0v) is 17.9. The maximum Gasteiger partial charge on any atom is 0.315 e. The molecular formula is C25H22ClNO4. The van der Waals surface area contributed by atoms with Gasteiger partial charge in [-0.2, -0.15) is 5.26 Å². The number of phenolic OH excluding ortho intramolecular Hbond substituents is 1. The van der Waals surface area contributed by atoms with Crippen LogP contribution in [0.2, 0.25) is 5.02 Å². The van der Waals surface area contributed by atoms with Crippen LogP contribution >= 0.6 is 11.6 Å². The van der Waals surface area contributed by atoms with Crippen molar-refractivity contribution in [2.24, 2.45) is 5.92 Å². The number of phenols is 1. The van der Waals surface area contributed by atoms with Crippen LogP contribution in [0.3, 0.4) is 0 Å². The number of carbonyl (C=O) groups is 1. The SMILES string of the molecule is CC(C)C(C(=O)OC(C#N)c1cccc(Oc2ccc(O)cc2)c1)c1ccc(Cl)cc1. The van der Waals surface area contributed by atoms with Crippen molar-refractivity contribution in [1.82, 2.24) is 0 Å². The highest BCUT2D eigenvalue weighted by molar-refractivity contribution is 6.30. The quantitative estimate of drug-likeness (QED) is 0.435. The van der Waals surface area contributed by atoms with Crippen molar-refractivity contribution < 1.29 is 19.4 Å². The highest BCUT2D eigenvalue weighted by Crippen LogP contribution is 2.31. The Kier molecular flexibility index (Phi) is 7.17. The first-order valence-electron chi connectivity index (χ1n) is 9.80. The number of rotatable bonds is 7. The molecule has 0 heterocycles. The standard InChI is InChI=1S/C25H22ClNO4/c1-16(2)24(17-6-8-19(26)9-7-17)25(29)31-23(15-27)18-4-3-5-22(14-18)30-21-12-10-20(28)11-13-21/h3-14,16,23-24,28H,1-2H3. The molecular weight excluding hydrogens is 414 g/mol. The van der Waals surface area contributed by atoms with E-state index in [2.05, 4.69) is 0 Å². The summed E-state index contributed by atoms with van der Waals surface area (Å²) in [5.74, 6) is 0.120. The minimum absolute atomic E-state index is 0.0304. The third-order valence-electron chi connectivity index (χ3n) is 4.73. The molecule has 0 amide bonds. The number of ether oxygens (including phenoxy) is 2. The Labute approximate surface area is 186 Å². The number of hydrogen-bond acceptors (Lipinski definition) is 5. The van der Waals surface area contributed by atoms with Crippen LogP contribution in [0.1, 0.15) is 37.0 Å². The number of aromatic hydroxyl groups is 1. The van der Waals surface area contributed by atoms with Crippen molar-refractivity contribution in [1.29, 1.82) is 5.26 Å². The molecule has 5 nitrogen and oxygen atoms in total. The average Bonchev–Trinajstić information content (AvgIpc) is 2.75. The molecule has 0 saturated heterocycles. The molecule has 3 aromatic carbocycles. The second kappa shape index (κ2) is 10.0. The van der Waals surface area contributed by atoms with Crippen molar-refractivity contribution >= 4 is 17.6 Å². The van der Waals surface area contributed by atoms with Crippen LogP contribution in [0.4, 0.5) is 0 Å². The van der Waals surface area contributed by atoms with Crippen LogP contribution in [0, 0.1) is 17.2 Å².